The fourth-order valence-corrected chi connectivity index (χ4v) is 5.02. The fraction of sp³-hybridized carbons (Fsp3) is 0.214. The van der Waals surface area contributed by atoms with Crippen LogP contribution in [0.4, 0.5) is 0 Å². The number of carbonyl (C=O) groups is 4. The largest absolute Gasteiger partial charge is 0.467 e. The third-order valence-corrected chi connectivity index (χ3v) is 6.74. The molecule has 0 fully saturated rings. The molecule has 2 aromatic carbocycles. The van der Waals surface area contributed by atoms with Crippen molar-refractivity contribution in [1.82, 2.24) is 19.8 Å². The first-order chi connectivity index (χ1) is 17.8. The fourth-order valence-electron chi connectivity index (χ4n) is 5.02. The van der Waals surface area contributed by atoms with E-state index in [4.69, 9.17) is 4.74 Å². The van der Waals surface area contributed by atoms with Gasteiger partial charge in [-0.1, -0.05) is 36.4 Å². The van der Waals surface area contributed by atoms with Gasteiger partial charge in [-0.2, -0.15) is 0 Å². The molecule has 0 saturated heterocycles. The number of aromatic nitrogens is 2. The molecule has 3 heterocycles. The van der Waals surface area contributed by atoms with Crippen molar-refractivity contribution in [2.75, 3.05) is 7.11 Å². The number of methoxy groups -OCH3 is 1. The lowest BCUT2D eigenvalue weighted by atomic mass is 9.93. The minimum absolute atomic E-state index is 0.176. The summed E-state index contributed by atoms with van der Waals surface area (Å²) in [5, 5.41) is 6.83. The highest BCUT2D eigenvalue weighted by Gasteiger charge is 2.39. The first-order valence-corrected chi connectivity index (χ1v) is 11.9. The van der Waals surface area contributed by atoms with Crippen LogP contribution < -0.4 is 10.6 Å². The summed E-state index contributed by atoms with van der Waals surface area (Å²) in [5.74, 6) is -2.11. The Balaban J connectivity index is 1.69. The van der Waals surface area contributed by atoms with Crippen molar-refractivity contribution < 1.29 is 23.9 Å². The summed E-state index contributed by atoms with van der Waals surface area (Å²) in [4.78, 5) is 51.6. The Morgan fingerprint density at radius 1 is 1.00 bits per heavy atom. The molecule has 9 heteroatoms. The standard InChI is InChI=1S/C28H26N4O5/c1-16(28(36)37-3)29-23(33)14-22(32-13-12-17-8-4-6-10-20(17)32)25-24(26(34)30-27(25)35)19-15-31(2)21-11-7-5-9-18(19)21/h4-13,15-16,22H,14H2,1-3H3,(H,29,33)(H,30,34,35)/t16-,22?/m0/s1. The number of aryl methyl sites for hydroxylation is 1. The number of nitrogens with zero attached hydrogens (tertiary/aromatic N) is 2. The molecule has 2 aromatic heterocycles. The average molecular weight is 499 g/mol. The molecule has 0 bridgehead atoms. The van der Waals surface area contributed by atoms with Gasteiger partial charge in [0, 0.05) is 41.4 Å². The molecule has 3 amide bonds. The second-order valence-corrected chi connectivity index (χ2v) is 9.06. The molecular formula is C28H26N4O5. The van der Waals surface area contributed by atoms with E-state index >= 15 is 0 Å². The SMILES string of the molecule is COC(=O)[C@H](C)NC(=O)CC(C1=C(c2cn(C)c3ccccc23)C(=O)NC1=O)n1ccc2ccccc21. The summed E-state index contributed by atoms with van der Waals surface area (Å²) in [6.07, 6.45) is 3.45. The maximum Gasteiger partial charge on any atom is 0.328 e. The van der Waals surface area contributed by atoms with Gasteiger partial charge in [0.15, 0.2) is 0 Å². The average Bonchev–Trinajstić information content (AvgIpc) is 3.55. The van der Waals surface area contributed by atoms with Gasteiger partial charge < -0.3 is 19.2 Å². The quantitative estimate of drug-likeness (QED) is 0.301. The number of nitrogens with one attached hydrogen (secondary N) is 2. The number of hydrogen-bond acceptors (Lipinski definition) is 5. The van der Waals surface area contributed by atoms with Gasteiger partial charge in [0.25, 0.3) is 11.8 Å². The predicted octanol–water partition coefficient (Wildman–Crippen LogP) is 2.85. The van der Waals surface area contributed by atoms with Crippen LogP contribution in [0.25, 0.3) is 27.4 Å². The van der Waals surface area contributed by atoms with Crippen LogP contribution in [0.5, 0.6) is 0 Å². The first-order valence-electron chi connectivity index (χ1n) is 11.9. The summed E-state index contributed by atoms with van der Waals surface area (Å²) in [7, 11) is 3.12. The molecular weight excluding hydrogens is 472 g/mol. The zero-order valence-electron chi connectivity index (χ0n) is 20.6. The predicted molar refractivity (Wildman–Crippen MR) is 138 cm³/mol. The molecule has 37 heavy (non-hydrogen) atoms. The number of ether oxygens (including phenoxy) is 1. The van der Waals surface area contributed by atoms with E-state index in [0.717, 1.165) is 21.8 Å². The number of para-hydroxylation sites is 2. The Morgan fingerprint density at radius 3 is 2.46 bits per heavy atom. The van der Waals surface area contributed by atoms with Crippen LogP contribution in [0, 0.1) is 0 Å². The maximum atomic E-state index is 13.3. The lowest BCUT2D eigenvalue weighted by Crippen LogP contribution is -2.40. The van der Waals surface area contributed by atoms with Crippen LogP contribution in [0.3, 0.4) is 0 Å². The van der Waals surface area contributed by atoms with E-state index in [1.165, 1.54) is 14.0 Å². The molecule has 1 aliphatic heterocycles. The minimum atomic E-state index is -0.870. The molecule has 9 nitrogen and oxygen atoms in total. The number of imide groups is 1. The zero-order chi connectivity index (χ0) is 26.3. The number of carbonyl (C=O) groups excluding carboxylic acids is 4. The smallest absolute Gasteiger partial charge is 0.328 e. The van der Waals surface area contributed by atoms with Crippen molar-refractivity contribution in [2.45, 2.75) is 25.4 Å². The lowest BCUT2D eigenvalue weighted by molar-refractivity contribution is -0.144. The third-order valence-electron chi connectivity index (χ3n) is 6.74. The molecule has 2 N–H and O–H groups in total. The van der Waals surface area contributed by atoms with E-state index in [9.17, 15) is 19.2 Å². The first kappa shape index (κ1) is 24.1. The molecule has 0 saturated carbocycles. The number of amides is 3. The van der Waals surface area contributed by atoms with Crippen molar-refractivity contribution in [1.29, 1.82) is 0 Å². The van der Waals surface area contributed by atoms with Crippen molar-refractivity contribution in [2.24, 2.45) is 7.05 Å². The topological polar surface area (TPSA) is 111 Å². The number of rotatable bonds is 7. The van der Waals surface area contributed by atoms with E-state index in [2.05, 4.69) is 10.6 Å². The van der Waals surface area contributed by atoms with Gasteiger partial charge >= 0.3 is 5.97 Å². The number of fused-ring (bicyclic) bond motifs is 2. The van der Waals surface area contributed by atoms with Gasteiger partial charge in [-0.15, -0.1) is 0 Å². The van der Waals surface area contributed by atoms with E-state index < -0.39 is 35.8 Å². The van der Waals surface area contributed by atoms with Gasteiger partial charge in [-0.25, -0.2) is 4.79 Å². The summed E-state index contributed by atoms with van der Waals surface area (Å²) in [5.41, 5.74) is 2.76. The molecule has 0 radical (unpaired) electrons. The third kappa shape index (κ3) is 4.18. The number of hydrogen-bond donors (Lipinski definition) is 2. The van der Waals surface area contributed by atoms with Gasteiger partial charge in [-0.05, 0) is 30.5 Å². The number of esters is 1. The Bertz CT molecular complexity index is 1610. The highest BCUT2D eigenvalue weighted by Crippen LogP contribution is 2.38. The van der Waals surface area contributed by atoms with Gasteiger partial charge in [0.1, 0.15) is 6.04 Å². The highest BCUT2D eigenvalue weighted by atomic mass is 16.5. The molecule has 5 rings (SSSR count). The van der Waals surface area contributed by atoms with Crippen LogP contribution in [0.2, 0.25) is 0 Å². The molecule has 2 atom stereocenters. The van der Waals surface area contributed by atoms with Crippen LogP contribution in [-0.4, -0.2) is 46.0 Å². The van der Waals surface area contributed by atoms with E-state index in [1.807, 2.05) is 77.0 Å². The highest BCUT2D eigenvalue weighted by molar-refractivity contribution is 6.37. The van der Waals surface area contributed by atoms with E-state index in [0.29, 0.717) is 5.56 Å². The summed E-state index contributed by atoms with van der Waals surface area (Å²) >= 11 is 0. The Hall–Kier alpha value is -4.66. The van der Waals surface area contributed by atoms with Crippen molar-refractivity contribution in [3.63, 3.8) is 0 Å². The van der Waals surface area contributed by atoms with Crippen molar-refractivity contribution in [3.8, 4) is 0 Å². The summed E-state index contributed by atoms with van der Waals surface area (Å²) < 4.78 is 8.45. The molecule has 1 unspecified atom stereocenters. The van der Waals surface area contributed by atoms with E-state index in [-0.39, 0.29) is 17.6 Å². The Morgan fingerprint density at radius 2 is 1.70 bits per heavy atom. The molecule has 0 aliphatic carbocycles. The normalized spacial score (nSPS) is 15.2. The van der Waals surface area contributed by atoms with Gasteiger partial charge in [0.05, 0.1) is 30.7 Å². The Kier molecular flexibility index (Phi) is 6.12. The van der Waals surface area contributed by atoms with Crippen LogP contribution >= 0.6 is 0 Å². The van der Waals surface area contributed by atoms with E-state index in [1.54, 1.807) is 6.20 Å². The molecule has 1 aliphatic rings. The molecule has 0 spiro atoms. The number of benzene rings is 2. The van der Waals surface area contributed by atoms with Crippen molar-refractivity contribution in [3.05, 3.63) is 78.1 Å². The zero-order valence-corrected chi connectivity index (χ0v) is 20.6. The Labute approximate surface area is 212 Å². The summed E-state index contributed by atoms with van der Waals surface area (Å²) in [6, 6.07) is 15.4. The van der Waals surface area contributed by atoms with Crippen LogP contribution in [0.1, 0.15) is 24.9 Å². The minimum Gasteiger partial charge on any atom is -0.467 e. The summed E-state index contributed by atoms with van der Waals surface area (Å²) in [6.45, 7) is 1.52. The van der Waals surface area contributed by atoms with Crippen LogP contribution in [-0.2, 0) is 31.0 Å². The molecule has 188 valence electrons. The second kappa shape index (κ2) is 9.42. The van der Waals surface area contributed by atoms with Gasteiger partial charge in [0.2, 0.25) is 5.91 Å². The maximum absolute atomic E-state index is 13.3. The monoisotopic (exact) mass is 498 g/mol. The second-order valence-electron chi connectivity index (χ2n) is 9.06. The molecule has 4 aromatic rings. The lowest BCUT2D eigenvalue weighted by Gasteiger charge is -2.22. The van der Waals surface area contributed by atoms with Crippen molar-refractivity contribution >= 4 is 51.1 Å². The van der Waals surface area contributed by atoms with Gasteiger partial charge in [-0.3, -0.25) is 19.7 Å². The van der Waals surface area contributed by atoms with Crippen LogP contribution in [0.15, 0.2) is 72.6 Å².